The van der Waals surface area contributed by atoms with Gasteiger partial charge in [0.15, 0.2) is 0 Å². The van der Waals surface area contributed by atoms with Gasteiger partial charge in [-0.05, 0) is 32.5 Å². The average Bonchev–Trinajstić information content (AvgIpc) is 2.60. The monoisotopic (exact) mass is 263 g/mol. The highest BCUT2D eigenvalue weighted by atomic mass is 16.5. The number of nitrogen functional groups attached to an aromatic ring is 1. The number of anilines is 2. The van der Waals surface area contributed by atoms with E-state index in [9.17, 15) is 0 Å². The van der Waals surface area contributed by atoms with Crippen molar-refractivity contribution in [2.75, 3.05) is 50.5 Å². The number of hydrogen-bond donors (Lipinski definition) is 1. The van der Waals surface area contributed by atoms with Gasteiger partial charge in [-0.3, -0.25) is 0 Å². The Morgan fingerprint density at radius 2 is 2.00 bits per heavy atom. The van der Waals surface area contributed by atoms with Crippen molar-refractivity contribution in [2.24, 2.45) is 0 Å². The van der Waals surface area contributed by atoms with E-state index in [-0.39, 0.29) is 0 Å². The molecule has 1 heterocycles. The molecule has 0 unspecified atom stereocenters. The molecule has 0 radical (unpaired) electrons. The predicted molar refractivity (Wildman–Crippen MR) is 81.0 cm³/mol. The first kappa shape index (κ1) is 14.0. The fraction of sp³-hybridized carbons (Fsp3) is 0.600. The van der Waals surface area contributed by atoms with Crippen molar-refractivity contribution in [3.63, 3.8) is 0 Å². The van der Waals surface area contributed by atoms with Crippen LogP contribution in [-0.4, -0.2) is 44.7 Å². The lowest BCUT2D eigenvalue weighted by Crippen LogP contribution is -2.28. The maximum absolute atomic E-state index is 5.99. The first-order chi connectivity index (χ1) is 9.19. The maximum atomic E-state index is 5.99. The summed E-state index contributed by atoms with van der Waals surface area (Å²) in [5.41, 5.74) is 7.95. The van der Waals surface area contributed by atoms with Gasteiger partial charge < -0.3 is 20.3 Å². The lowest BCUT2D eigenvalue weighted by molar-refractivity contribution is 0.317. The molecule has 0 aromatic heterocycles. The Morgan fingerprint density at radius 1 is 1.16 bits per heavy atom. The molecule has 1 fully saturated rings. The van der Waals surface area contributed by atoms with E-state index in [4.69, 9.17) is 10.5 Å². The molecule has 19 heavy (non-hydrogen) atoms. The van der Waals surface area contributed by atoms with Crippen molar-refractivity contribution in [2.45, 2.75) is 19.8 Å². The molecule has 1 aromatic rings. The fourth-order valence-corrected chi connectivity index (χ4v) is 2.40. The molecule has 4 nitrogen and oxygen atoms in total. The number of nitrogens with zero attached hydrogens (tertiary/aromatic N) is 2. The van der Waals surface area contributed by atoms with E-state index in [1.807, 2.05) is 12.1 Å². The van der Waals surface area contributed by atoms with Crippen molar-refractivity contribution in [1.29, 1.82) is 0 Å². The standard InChI is InChI=1S/C15H25N3O/c1-3-9-19-15-11-13(16)10-14(12-15)18-6-4-5-17(2)7-8-18/h10-12H,3-9,16H2,1-2H3. The molecule has 2 N–H and O–H groups in total. The third kappa shape index (κ3) is 4.03. The molecular weight excluding hydrogens is 238 g/mol. The third-order valence-corrected chi connectivity index (χ3v) is 3.47. The molecule has 1 aliphatic heterocycles. The molecule has 1 aliphatic rings. The Hall–Kier alpha value is -1.42. The van der Waals surface area contributed by atoms with Gasteiger partial charge >= 0.3 is 0 Å². The molecule has 0 amide bonds. The highest BCUT2D eigenvalue weighted by molar-refractivity contribution is 5.60. The number of ether oxygens (including phenoxy) is 1. The van der Waals surface area contributed by atoms with Crippen LogP contribution in [0.25, 0.3) is 0 Å². The molecule has 0 aliphatic carbocycles. The number of rotatable bonds is 4. The van der Waals surface area contributed by atoms with E-state index in [1.54, 1.807) is 0 Å². The summed E-state index contributed by atoms with van der Waals surface area (Å²) >= 11 is 0. The van der Waals surface area contributed by atoms with E-state index in [0.29, 0.717) is 0 Å². The number of benzene rings is 1. The van der Waals surface area contributed by atoms with Crippen LogP contribution in [0.4, 0.5) is 11.4 Å². The molecule has 0 atom stereocenters. The van der Waals surface area contributed by atoms with Gasteiger partial charge in [0.05, 0.1) is 6.61 Å². The molecule has 0 saturated carbocycles. The van der Waals surface area contributed by atoms with Gasteiger partial charge in [0.25, 0.3) is 0 Å². The summed E-state index contributed by atoms with van der Waals surface area (Å²) in [4.78, 5) is 4.78. The Balaban J connectivity index is 2.11. The zero-order valence-corrected chi connectivity index (χ0v) is 12.1. The van der Waals surface area contributed by atoms with Gasteiger partial charge in [-0.15, -0.1) is 0 Å². The zero-order valence-electron chi connectivity index (χ0n) is 12.1. The molecule has 0 spiro atoms. The topological polar surface area (TPSA) is 41.7 Å². The van der Waals surface area contributed by atoms with Crippen molar-refractivity contribution in [3.8, 4) is 5.75 Å². The first-order valence-corrected chi connectivity index (χ1v) is 7.16. The van der Waals surface area contributed by atoms with Crippen LogP contribution in [0.3, 0.4) is 0 Å². The molecule has 4 heteroatoms. The largest absolute Gasteiger partial charge is 0.493 e. The summed E-state index contributed by atoms with van der Waals surface area (Å²) in [6.45, 7) is 7.25. The normalized spacial score (nSPS) is 17.3. The van der Waals surface area contributed by atoms with Gasteiger partial charge in [0.1, 0.15) is 5.75 Å². The highest BCUT2D eigenvalue weighted by Gasteiger charge is 2.13. The molecule has 2 rings (SSSR count). The second-order valence-corrected chi connectivity index (χ2v) is 5.25. The zero-order chi connectivity index (χ0) is 13.7. The van der Waals surface area contributed by atoms with E-state index >= 15 is 0 Å². The molecular formula is C15H25N3O. The average molecular weight is 263 g/mol. The first-order valence-electron chi connectivity index (χ1n) is 7.16. The predicted octanol–water partition coefficient (Wildman–Crippen LogP) is 2.20. The summed E-state index contributed by atoms with van der Waals surface area (Å²) in [6.07, 6.45) is 2.20. The highest BCUT2D eigenvalue weighted by Crippen LogP contribution is 2.26. The summed E-state index contributed by atoms with van der Waals surface area (Å²) in [7, 11) is 2.18. The van der Waals surface area contributed by atoms with E-state index in [1.165, 1.54) is 12.1 Å². The van der Waals surface area contributed by atoms with Crippen molar-refractivity contribution < 1.29 is 4.74 Å². The quantitative estimate of drug-likeness (QED) is 0.846. The molecule has 1 saturated heterocycles. The number of nitrogens with two attached hydrogens (primary N) is 1. The maximum Gasteiger partial charge on any atom is 0.123 e. The second-order valence-electron chi connectivity index (χ2n) is 5.25. The molecule has 0 bridgehead atoms. The van der Waals surface area contributed by atoms with Crippen LogP contribution in [0.2, 0.25) is 0 Å². The smallest absolute Gasteiger partial charge is 0.123 e. The Morgan fingerprint density at radius 3 is 2.79 bits per heavy atom. The van der Waals surface area contributed by atoms with Crippen LogP contribution in [-0.2, 0) is 0 Å². The van der Waals surface area contributed by atoms with Crippen LogP contribution < -0.4 is 15.4 Å². The summed E-state index contributed by atoms with van der Waals surface area (Å²) in [5.74, 6) is 0.884. The minimum Gasteiger partial charge on any atom is -0.493 e. The minimum absolute atomic E-state index is 0.742. The van der Waals surface area contributed by atoms with Gasteiger partial charge in [0, 0.05) is 43.1 Å². The van der Waals surface area contributed by atoms with Gasteiger partial charge in [-0.25, -0.2) is 0 Å². The summed E-state index contributed by atoms with van der Waals surface area (Å²) in [6, 6.07) is 6.06. The third-order valence-electron chi connectivity index (χ3n) is 3.47. The van der Waals surface area contributed by atoms with Crippen LogP contribution in [0.1, 0.15) is 19.8 Å². The fourth-order valence-electron chi connectivity index (χ4n) is 2.40. The van der Waals surface area contributed by atoms with Gasteiger partial charge in [-0.2, -0.15) is 0 Å². The SMILES string of the molecule is CCCOc1cc(N)cc(N2CCCN(C)CC2)c1. The summed E-state index contributed by atoms with van der Waals surface area (Å²) in [5, 5.41) is 0. The minimum atomic E-state index is 0.742. The van der Waals surface area contributed by atoms with Gasteiger partial charge in [0.2, 0.25) is 0 Å². The van der Waals surface area contributed by atoms with Crippen molar-refractivity contribution in [1.82, 2.24) is 4.90 Å². The molecule has 106 valence electrons. The Bertz CT molecular complexity index is 408. The van der Waals surface area contributed by atoms with E-state index in [2.05, 4.69) is 29.8 Å². The second kappa shape index (κ2) is 6.66. The van der Waals surface area contributed by atoms with E-state index < -0.39 is 0 Å². The van der Waals surface area contributed by atoms with Crippen molar-refractivity contribution in [3.05, 3.63) is 18.2 Å². The summed E-state index contributed by atoms with van der Waals surface area (Å²) < 4.78 is 5.70. The number of likely N-dealkylation sites (N-methyl/N-ethyl adjacent to an activating group) is 1. The van der Waals surface area contributed by atoms with E-state index in [0.717, 1.165) is 50.6 Å². The van der Waals surface area contributed by atoms with Crippen LogP contribution >= 0.6 is 0 Å². The number of hydrogen-bond acceptors (Lipinski definition) is 4. The lowest BCUT2D eigenvalue weighted by Gasteiger charge is -2.23. The van der Waals surface area contributed by atoms with Crippen LogP contribution in [0.15, 0.2) is 18.2 Å². The Kier molecular flexibility index (Phi) is 4.91. The Labute approximate surface area is 116 Å². The lowest BCUT2D eigenvalue weighted by atomic mass is 10.2. The van der Waals surface area contributed by atoms with Crippen LogP contribution in [0.5, 0.6) is 5.75 Å². The van der Waals surface area contributed by atoms with Gasteiger partial charge in [-0.1, -0.05) is 6.92 Å². The van der Waals surface area contributed by atoms with Crippen molar-refractivity contribution >= 4 is 11.4 Å². The van der Waals surface area contributed by atoms with Crippen LogP contribution in [0, 0.1) is 0 Å². The molecule has 1 aromatic carbocycles.